The van der Waals surface area contributed by atoms with Gasteiger partial charge in [0.1, 0.15) is 5.75 Å². The first-order chi connectivity index (χ1) is 9.93. The van der Waals surface area contributed by atoms with Crippen LogP contribution >= 0.6 is 0 Å². The lowest BCUT2D eigenvalue weighted by Crippen LogP contribution is -2.30. The number of aromatic amines is 1. The largest absolute Gasteiger partial charge is 0.415 e. The predicted molar refractivity (Wildman–Crippen MR) is 83.8 cm³/mol. The average Bonchev–Trinajstić information content (AvgIpc) is 3.06. The number of nitrogens with one attached hydrogen (secondary N) is 1. The molecule has 21 heavy (non-hydrogen) atoms. The zero-order valence-corrected chi connectivity index (χ0v) is 12.9. The number of hydrogen-bond acceptors (Lipinski definition) is 2. The van der Waals surface area contributed by atoms with Gasteiger partial charge in [-0.05, 0) is 37.1 Å². The summed E-state index contributed by atoms with van der Waals surface area (Å²) in [7, 11) is 0. The van der Waals surface area contributed by atoms with Gasteiger partial charge in [0, 0.05) is 35.1 Å². The summed E-state index contributed by atoms with van der Waals surface area (Å²) in [4.78, 5) is 17.2. The maximum Gasteiger partial charge on any atom is 0.415 e. The molecule has 0 aliphatic carbocycles. The van der Waals surface area contributed by atoms with Gasteiger partial charge in [-0.3, -0.25) is 0 Å². The molecule has 0 spiro atoms. The van der Waals surface area contributed by atoms with Crippen LogP contribution in [-0.4, -0.2) is 29.1 Å². The van der Waals surface area contributed by atoms with E-state index in [-0.39, 0.29) is 11.5 Å². The molecule has 112 valence electrons. The topological polar surface area (TPSA) is 45.3 Å². The summed E-state index contributed by atoms with van der Waals surface area (Å²) < 4.78 is 5.47. The highest BCUT2D eigenvalue weighted by molar-refractivity contribution is 5.83. The lowest BCUT2D eigenvalue weighted by molar-refractivity contribution is 0.163. The van der Waals surface area contributed by atoms with Gasteiger partial charge in [0.2, 0.25) is 0 Å². The number of likely N-dealkylation sites (tertiary alicyclic amines) is 1. The Bertz CT molecular complexity index is 661. The molecule has 1 N–H and O–H groups in total. The zero-order chi connectivity index (χ0) is 15.0. The first-order valence-electron chi connectivity index (χ1n) is 7.53. The van der Waals surface area contributed by atoms with Crippen molar-refractivity contribution in [3.8, 4) is 5.75 Å². The number of fused-ring (bicyclic) bond motifs is 1. The van der Waals surface area contributed by atoms with Crippen LogP contribution in [0.4, 0.5) is 4.79 Å². The van der Waals surface area contributed by atoms with Gasteiger partial charge < -0.3 is 14.6 Å². The summed E-state index contributed by atoms with van der Waals surface area (Å²) in [6, 6.07) is 7.87. The van der Waals surface area contributed by atoms with Crippen LogP contribution in [0.3, 0.4) is 0 Å². The first-order valence-corrected chi connectivity index (χ1v) is 7.53. The summed E-state index contributed by atoms with van der Waals surface area (Å²) in [5.74, 6) is 0.610. The quantitative estimate of drug-likeness (QED) is 0.859. The number of aromatic nitrogens is 1. The number of amides is 1. The fourth-order valence-corrected chi connectivity index (χ4v) is 2.64. The van der Waals surface area contributed by atoms with E-state index in [1.807, 2.05) is 18.2 Å². The number of carbonyl (C=O) groups is 1. The highest BCUT2D eigenvalue weighted by atomic mass is 16.6. The number of nitrogens with zero attached hydrogens (tertiary/aromatic N) is 1. The molecule has 1 fully saturated rings. The Morgan fingerprint density at radius 1 is 1.19 bits per heavy atom. The summed E-state index contributed by atoms with van der Waals surface area (Å²) in [6.45, 7) is 8.13. The number of benzene rings is 1. The predicted octanol–water partition coefficient (Wildman–Crippen LogP) is 4.06. The Labute approximate surface area is 125 Å². The van der Waals surface area contributed by atoms with E-state index in [0.717, 1.165) is 36.8 Å². The molecule has 0 radical (unpaired) electrons. The Hall–Kier alpha value is -1.97. The Morgan fingerprint density at radius 2 is 1.90 bits per heavy atom. The Kier molecular flexibility index (Phi) is 3.40. The van der Waals surface area contributed by atoms with Crippen LogP contribution in [0.1, 0.15) is 39.3 Å². The minimum atomic E-state index is -0.238. The molecule has 2 heterocycles. The molecule has 2 aromatic rings. The standard InChI is InChI=1S/C17H22N2O2/c1-17(2,3)15-11-12-10-13(6-7-14(12)18-15)21-16(20)19-8-4-5-9-19/h6-7,10-11,18H,4-5,8-9H2,1-3H3. The SMILES string of the molecule is CC(C)(C)c1cc2cc(OC(=O)N3CCCC3)ccc2[nH]1. The highest BCUT2D eigenvalue weighted by Crippen LogP contribution is 2.28. The molecule has 0 saturated carbocycles. The lowest BCUT2D eigenvalue weighted by Gasteiger charge is -2.15. The van der Waals surface area contributed by atoms with Crippen molar-refractivity contribution in [1.82, 2.24) is 9.88 Å². The van der Waals surface area contributed by atoms with Gasteiger partial charge in [-0.1, -0.05) is 20.8 Å². The molecule has 0 unspecified atom stereocenters. The van der Waals surface area contributed by atoms with Crippen molar-refractivity contribution in [2.24, 2.45) is 0 Å². The minimum absolute atomic E-state index is 0.0748. The lowest BCUT2D eigenvalue weighted by atomic mass is 9.92. The molecule has 3 rings (SSSR count). The Balaban J connectivity index is 1.82. The third kappa shape index (κ3) is 2.89. The summed E-state index contributed by atoms with van der Waals surface area (Å²) >= 11 is 0. The van der Waals surface area contributed by atoms with Crippen molar-refractivity contribution < 1.29 is 9.53 Å². The van der Waals surface area contributed by atoms with Gasteiger partial charge in [0.05, 0.1) is 0 Å². The summed E-state index contributed by atoms with van der Waals surface area (Å²) in [5.41, 5.74) is 2.33. The molecule has 1 aromatic heterocycles. The normalized spacial score (nSPS) is 15.7. The minimum Gasteiger partial charge on any atom is -0.410 e. The fraction of sp³-hybridized carbons (Fsp3) is 0.471. The van der Waals surface area contributed by atoms with E-state index in [2.05, 4.69) is 31.8 Å². The van der Waals surface area contributed by atoms with E-state index < -0.39 is 0 Å². The number of ether oxygens (including phenoxy) is 1. The summed E-state index contributed by atoms with van der Waals surface area (Å²) in [6.07, 6.45) is 1.90. The molecular weight excluding hydrogens is 264 g/mol. The molecule has 0 bridgehead atoms. The number of carbonyl (C=O) groups excluding carboxylic acids is 1. The van der Waals surface area contributed by atoms with Crippen molar-refractivity contribution in [3.05, 3.63) is 30.0 Å². The molecule has 1 saturated heterocycles. The number of rotatable bonds is 1. The van der Waals surface area contributed by atoms with Gasteiger partial charge in [0.15, 0.2) is 0 Å². The van der Waals surface area contributed by atoms with Crippen LogP contribution in [0.15, 0.2) is 24.3 Å². The van der Waals surface area contributed by atoms with E-state index in [4.69, 9.17) is 4.74 Å². The van der Waals surface area contributed by atoms with Crippen LogP contribution in [0, 0.1) is 0 Å². The second-order valence-corrected chi connectivity index (χ2v) is 6.74. The van der Waals surface area contributed by atoms with Gasteiger partial charge in [0.25, 0.3) is 0 Å². The van der Waals surface area contributed by atoms with Crippen molar-refractivity contribution in [1.29, 1.82) is 0 Å². The Morgan fingerprint density at radius 3 is 2.57 bits per heavy atom. The molecule has 1 aliphatic heterocycles. The van der Waals surface area contributed by atoms with Crippen molar-refractivity contribution in [2.45, 2.75) is 39.0 Å². The average molecular weight is 286 g/mol. The van der Waals surface area contributed by atoms with Crippen molar-refractivity contribution in [2.75, 3.05) is 13.1 Å². The third-order valence-electron chi connectivity index (χ3n) is 3.97. The molecular formula is C17H22N2O2. The van der Waals surface area contributed by atoms with Crippen molar-refractivity contribution >= 4 is 17.0 Å². The fourth-order valence-electron chi connectivity index (χ4n) is 2.64. The second kappa shape index (κ2) is 5.10. The van der Waals surface area contributed by atoms with Gasteiger partial charge in [-0.2, -0.15) is 0 Å². The zero-order valence-electron chi connectivity index (χ0n) is 12.9. The van der Waals surface area contributed by atoms with E-state index in [1.165, 1.54) is 5.69 Å². The van der Waals surface area contributed by atoms with E-state index in [0.29, 0.717) is 5.75 Å². The van der Waals surface area contributed by atoms with Crippen LogP contribution in [0.5, 0.6) is 5.75 Å². The molecule has 1 amide bonds. The van der Waals surface area contributed by atoms with E-state index in [9.17, 15) is 4.79 Å². The van der Waals surface area contributed by atoms with Crippen LogP contribution in [0.2, 0.25) is 0 Å². The van der Waals surface area contributed by atoms with Crippen LogP contribution in [0.25, 0.3) is 10.9 Å². The van der Waals surface area contributed by atoms with Gasteiger partial charge in [-0.25, -0.2) is 4.79 Å². The molecule has 4 heteroatoms. The number of hydrogen-bond donors (Lipinski definition) is 1. The third-order valence-corrected chi connectivity index (χ3v) is 3.97. The van der Waals surface area contributed by atoms with Crippen molar-refractivity contribution in [3.63, 3.8) is 0 Å². The van der Waals surface area contributed by atoms with Crippen LogP contribution < -0.4 is 4.74 Å². The van der Waals surface area contributed by atoms with Crippen LogP contribution in [-0.2, 0) is 5.41 Å². The first kappa shape index (κ1) is 14.0. The molecule has 1 aromatic carbocycles. The smallest absolute Gasteiger partial charge is 0.410 e. The van der Waals surface area contributed by atoms with Gasteiger partial charge >= 0.3 is 6.09 Å². The van der Waals surface area contributed by atoms with E-state index >= 15 is 0 Å². The number of H-pyrrole nitrogens is 1. The van der Waals surface area contributed by atoms with E-state index in [1.54, 1.807) is 4.90 Å². The highest BCUT2D eigenvalue weighted by Gasteiger charge is 2.20. The molecule has 4 nitrogen and oxygen atoms in total. The van der Waals surface area contributed by atoms with Gasteiger partial charge in [-0.15, -0.1) is 0 Å². The second-order valence-electron chi connectivity index (χ2n) is 6.74. The monoisotopic (exact) mass is 286 g/mol. The molecule has 0 atom stereocenters. The maximum absolute atomic E-state index is 12.0. The maximum atomic E-state index is 12.0. The summed E-state index contributed by atoms with van der Waals surface area (Å²) in [5, 5.41) is 1.08. The molecule has 1 aliphatic rings.